The van der Waals surface area contributed by atoms with Crippen LogP contribution in [0.4, 0.5) is 5.95 Å². The van der Waals surface area contributed by atoms with E-state index in [0.717, 1.165) is 30.9 Å². The molecular formula is C26H30N4O6S. The van der Waals surface area contributed by atoms with E-state index in [1.54, 1.807) is 6.07 Å². The van der Waals surface area contributed by atoms with Gasteiger partial charge in [0, 0.05) is 31.0 Å². The predicted octanol–water partition coefficient (Wildman–Crippen LogP) is 3.44. The molecule has 196 valence electrons. The maximum absolute atomic E-state index is 12.7. The zero-order valence-electron chi connectivity index (χ0n) is 20.8. The zero-order valence-corrected chi connectivity index (χ0v) is 21.6. The number of piperidine rings is 1. The van der Waals surface area contributed by atoms with Crippen molar-refractivity contribution in [2.45, 2.75) is 37.3 Å². The molecule has 1 aromatic heterocycles. The Kier molecular flexibility index (Phi) is 8.91. The first kappa shape index (κ1) is 26.4. The highest BCUT2D eigenvalue weighted by Gasteiger charge is 2.24. The monoisotopic (exact) mass is 526 g/mol. The molecule has 2 unspecified atom stereocenters. The summed E-state index contributed by atoms with van der Waals surface area (Å²) in [4.78, 5) is 23.8. The Balaban J connectivity index is 1.37. The lowest BCUT2D eigenvalue weighted by atomic mass is 10.1. The summed E-state index contributed by atoms with van der Waals surface area (Å²) >= 11 is -2.13. The van der Waals surface area contributed by atoms with Gasteiger partial charge in [0.2, 0.25) is 5.95 Å². The van der Waals surface area contributed by atoms with E-state index in [1.807, 2.05) is 36.1 Å². The lowest BCUT2D eigenvalue weighted by Gasteiger charge is -2.33. The second-order valence-electron chi connectivity index (χ2n) is 8.39. The number of rotatable bonds is 10. The van der Waals surface area contributed by atoms with Gasteiger partial charge >= 0.3 is 0 Å². The molecule has 2 heterocycles. The van der Waals surface area contributed by atoms with Crippen LogP contribution < -0.4 is 24.4 Å². The van der Waals surface area contributed by atoms with Gasteiger partial charge in [-0.1, -0.05) is 12.1 Å². The highest BCUT2D eigenvalue weighted by molar-refractivity contribution is 7.79. The van der Waals surface area contributed by atoms with Gasteiger partial charge in [0.15, 0.2) is 22.6 Å². The molecule has 1 saturated heterocycles. The first-order valence-electron chi connectivity index (χ1n) is 12.0. The van der Waals surface area contributed by atoms with Crippen LogP contribution in [0.5, 0.6) is 17.2 Å². The van der Waals surface area contributed by atoms with Crippen molar-refractivity contribution in [2.75, 3.05) is 31.7 Å². The minimum atomic E-state index is -2.13. The molecule has 2 atom stereocenters. The van der Waals surface area contributed by atoms with Crippen molar-refractivity contribution < 1.29 is 27.8 Å². The van der Waals surface area contributed by atoms with E-state index in [0.29, 0.717) is 36.0 Å². The third kappa shape index (κ3) is 6.75. The Bertz CT molecular complexity index is 1240. The zero-order chi connectivity index (χ0) is 26.2. The molecule has 2 N–H and O–H groups in total. The Morgan fingerprint density at radius 2 is 1.92 bits per heavy atom. The Hall–Kier alpha value is -3.70. The van der Waals surface area contributed by atoms with Crippen molar-refractivity contribution in [3.8, 4) is 17.2 Å². The van der Waals surface area contributed by atoms with E-state index in [4.69, 9.17) is 14.2 Å². The summed E-state index contributed by atoms with van der Waals surface area (Å²) in [5.41, 5.74) is 0.888. The number of nitrogens with one attached hydrogen (secondary N) is 1. The maximum atomic E-state index is 12.7. The van der Waals surface area contributed by atoms with Gasteiger partial charge < -0.3 is 29.0 Å². The minimum Gasteiger partial charge on any atom is -0.496 e. The first-order valence-corrected chi connectivity index (χ1v) is 13.1. The highest BCUT2D eigenvalue weighted by atomic mass is 32.2. The number of anilines is 1. The van der Waals surface area contributed by atoms with E-state index in [9.17, 15) is 13.6 Å². The van der Waals surface area contributed by atoms with Crippen LogP contribution in [-0.4, -0.2) is 57.5 Å². The number of nitrogens with zero attached hydrogens (tertiary/aromatic N) is 3. The maximum Gasteiger partial charge on any atom is 0.254 e. The van der Waals surface area contributed by atoms with Crippen LogP contribution in [0, 0.1) is 0 Å². The van der Waals surface area contributed by atoms with Crippen molar-refractivity contribution in [2.24, 2.45) is 0 Å². The molecule has 2 aromatic carbocycles. The second kappa shape index (κ2) is 12.5. The summed E-state index contributed by atoms with van der Waals surface area (Å²) in [6.07, 6.45) is 4.77. The van der Waals surface area contributed by atoms with Gasteiger partial charge in [-0.25, -0.2) is 14.2 Å². The van der Waals surface area contributed by atoms with Gasteiger partial charge in [-0.3, -0.25) is 4.79 Å². The fraction of sp³-hybridized carbons (Fsp3) is 0.346. The summed E-state index contributed by atoms with van der Waals surface area (Å²) in [6.45, 7) is 4.03. The van der Waals surface area contributed by atoms with Crippen molar-refractivity contribution in [3.05, 3.63) is 66.0 Å². The second-order valence-corrected chi connectivity index (χ2v) is 9.35. The predicted molar refractivity (Wildman–Crippen MR) is 139 cm³/mol. The molecule has 4 rings (SSSR count). The summed E-state index contributed by atoms with van der Waals surface area (Å²) in [5.74, 6) is 2.12. The molecule has 11 heteroatoms. The van der Waals surface area contributed by atoms with Crippen LogP contribution in [0.25, 0.3) is 0 Å². The number of benzene rings is 2. The Morgan fingerprint density at radius 3 is 2.62 bits per heavy atom. The number of carbonyl (C=O) groups excluding carboxylic acids is 1. The van der Waals surface area contributed by atoms with Gasteiger partial charge in [-0.05, 0) is 50.1 Å². The van der Waals surface area contributed by atoms with Crippen molar-refractivity contribution in [3.63, 3.8) is 0 Å². The third-order valence-electron chi connectivity index (χ3n) is 5.90. The average molecular weight is 527 g/mol. The number of para-hydroxylation sites is 2. The quantitative estimate of drug-likeness (QED) is 0.382. The van der Waals surface area contributed by atoms with Crippen molar-refractivity contribution >= 4 is 22.9 Å². The summed E-state index contributed by atoms with van der Waals surface area (Å²) < 4.78 is 37.9. The number of methoxy groups -OCH3 is 1. The molecule has 3 aromatic rings. The molecule has 1 fully saturated rings. The van der Waals surface area contributed by atoms with E-state index in [2.05, 4.69) is 15.3 Å². The largest absolute Gasteiger partial charge is 0.496 e. The molecule has 0 radical (unpaired) electrons. The van der Waals surface area contributed by atoms with Crippen molar-refractivity contribution in [1.82, 2.24) is 15.3 Å². The van der Waals surface area contributed by atoms with E-state index < -0.39 is 11.1 Å². The van der Waals surface area contributed by atoms with Gasteiger partial charge in [0.05, 0.1) is 30.7 Å². The van der Waals surface area contributed by atoms with Crippen LogP contribution in [0.3, 0.4) is 0 Å². The fourth-order valence-corrected chi connectivity index (χ4v) is 4.53. The number of ether oxygens (including phenoxy) is 3. The lowest BCUT2D eigenvalue weighted by molar-refractivity contribution is 0.0950. The van der Waals surface area contributed by atoms with Crippen LogP contribution >= 0.6 is 0 Å². The number of hydrogen-bond acceptors (Lipinski definition) is 8. The van der Waals surface area contributed by atoms with Gasteiger partial charge in [0.25, 0.3) is 5.91 Å². The van der Waals surface area contributed by atoms with Gasteiger partial charge in [-0.15, -0.1) is 0 Å². The average Bonchev–Trinajstić information content (AvgIpc) is 2.93. The Morgan fingerprint density at radius 1 is 1.16 bits per heavy atom. The van der Waals surface area contributed by atoms with Crippen LogP contribution in [-0.2, 0) is 17.6 Å². The molecular weight excluding hydrogens is 496 g/mol. The highest BCUT2D eigenvalue weighted by Crippen LogP contribution is 2.29. The van der Waals surface area contributed by atoms with Crippen LogP contribution in [0.1, 0.15) is 35.7 Å². The molecule has 0 aliphatic carbocycles. The van der Waals surface area contributed by atoms with Gasteiger partial charge in [0.1, 0.15) is 11.9 Å². The minimum absolute atomic E-state index is 0.0408. The first-order chi connectivity index (χ1) is 18.0. The standard InChI is InChI=1S/C26H30N4O6S/c1-3-35-23-8-4-5-9-24(23)36-20-7-6-12-30(17-20)26-28-15-19(16-29-26)25(31)27-14-18-13-21(37(32)33)10-11-22(18)34-2/h4-5,8-11,13,15-16,20H,3,6-7,12,14,17H2,1-2H3,(H,27,31)(H,32,33). The smallest absolute Gasteiger partial charge is 0.254 e. The molecule has 0 bridgehead atoms. The fourth-order valence-electron chi connectivity index (χ4n) is 4.10. The molecule has 1 aliphatic rings. The molecule has 10 nitrogen and oxygen atoms in total. The van der Waals surface area contributed by atoms with Crippen molar-refractivity contribution in [1.29, 1.82) is 0 Å². The van der Waals surface area contributed by atoms with E-state index >= 15 is 0 Å². The normalized spacial score (nSPS) is 16.1. The van der Waals surface area contributed by atoms with E-state index in [-0.39, 0.29) is 23.5 Å². The number of amides is 1. The molecule has 0 spiro atoms. The van der Waals surface area contributed by atoms with E-state index in [1.165, 1.54) is 31.6 Å². The third-order valence-corrected chi connectivity index (χ3v) is 6.55. The lowest BCUT2D eigenvalue weighted by Crippen LogP contribution is -2.42. The summed E-state index contributed by atoms with van der Waals surface area (Å²) in [5, 5.41) is 2.78. The summed E-state index contributed by atoms with van der Waals surface area (Å²) in [6, 6.07) is 12.3. The molecule has 37 heavy (non-hydrogen) atoms. The van der Waals surface area contributed by atoms with Gasteiger partial charge in [-0.2, -0.15) is 0 Å². The topological polar surface area (TPSA) is 123 Å². The molecule has 1 aliphatic heterocycles. The summed E-state index contributed by atoms with van der Waals surface area (Å²) in [7, 11) is 1.50. The number of aromatic nitrogens is 2. The molecule has 0 saturated carbocycles. The number of carbonyl (C=O) groups is 1. The van der Waals surface area contributed by atoms with Crippen LogP contribution in [0.2, 0.25) is 0 Å². The molecule has 1 amide bonds. The Labute approximate surface area is 218 Å². The van der Waals surface area contributed by atoms with Crippen LogP contribution in [0.15, 0.2) is 59.8 Å². The SMILES string of the molecule is CCOc1ccccc1OC1CCCN(c2ncc(C(=O)NCc3cc(S(=O)O)ccc3OC)cn2)C1. The number of hydrogen-bond donors (Lipinski definition) is 2.